The van der Waals surface area contributed by atoms with Crippen molar-refractivity contribution in [1.82, 2.24) is 20.1 Å². The number of carbonyl (C=O) groups is 1. The molecule has 162 valence electrons. The number of aromatic nitrogens is 3. The molecular formula is C22H18ClN5O3S. The number of anilines is 1. The molecule has 0 bridgehead atoms. The molecule has 1 heterocycles. The van der Waals surface area contributed by atoms with Crippen LogP contribution in [0.2, 0.25) is 5.02 Å². The van der Waals surface area contributed by atoms with E-state index in [1.807, 2.05) is 24.3 Å². The van der Waals surface area contributed by atoms with Crippen LogP contribution in [0.3, 0.4) is 0 Å². The molecule has 0 aliphatic heterocycles. The van der Waals surface area contributed by atoms with Crippen LogP contribution in [0, 0.1) is 0 Å². The summed E-state index contributed by atoms with van der Waals surface area (Å²) in [4.78, 5) is 16.5. The van der Waals surface area contributed by atoms with Crippen molar-refractivity contribution in [2.75, 3.05) is 4.72 Å². The second-order valence-electron chi connectivity index (χ2n) is 6.80. The van der Waals surface area contributed by atoms with Crippen molar-refractivity contribution in [3.05, 3.63) is 102 Å². The first-order valence-electron chi connectivity index (χ1n) is 9.52. The van der Waals surface area contributed by atoms with Crippen LogP contribution in [0.4, 0.5) is 5.69 Å². The van der Waals surface area contributed by atoms with Crippen LogP contribution in [0.5, 0.6) is 0 Å². The first-order valence-corrected chi connectivity index (χ1v) is 11.4. The topological polar surface area (TPSA) is 106 Å². The Bertz CT molecular complexity index is 1340. The number of benzene rings is 3. The number of halogens is 1. The number of amides is 1. The predicted molar refractivity (Wildman–Crippen MR) is 121 cm³/mol. The molecule has 3 aromatic carbocycles. The van der Waals surface area contributed by atoms with Gasteiger partial charge < -0.3 is 5.32 Å². The zero-order valence-corrected chi connectivity index (χ0v) is 18.2. The van der Waals surface area contributed by atoms with Gasteiger partial charge in [-0.05, 0) is 48.0 Å². The smallest absolute Gasteiger partial charge is 0.261 e. The Morgan fingerprint density at radius 1 is 1.00 bits per heavy atom. The highest BCUT2D eigenvalue weighted by Gasteiger charge is 2.17. The standard InChI is InChI=1S/C22H18ClN5O3S/c23-20-6-1-2-7-21(20)27-32(30,31)19-5-3-4-17(12-19)22(29)25-13-16-8-10-18(11-9-16)28-15-24-14-26-28/h1-12,14-15,27H,13H2,(H,25,29). The highest BCUT2D eigenvalue weighted by Crippen LogP contribution is 2.24. The molecule has 0 spiro atoms. The lowest BCUT2D eigenvalue weighted by atomic mass is 10.2. The van der Waals surface area contributed by atoms with E-state index in [-0.39, 0.29) is 33.6 Å². The van der Waals surface area contributed by atoms with Crippen LogP contribution in [0.25, 0.3) is 5.69 Å². The van der Waals surface area contributed by atoms with Gasteiger partial charge in [0.05, 0.1) is 21.3 Å². The van der Waals surface area contributed by atoms with E-state index in [0.717, 1.165) is 11.3 Å². The van der Waals surface area contributed by atoms with E-state index in [4.69, 9.17) is 11.6 Å². The van der Waals surface area contributed by atoms with Gasteiger partial charge in [0, 0.05) is 12.1 Å². The fraction of sp³-hybridized carbons (Fsp3) is 0.0455. The van der Waals surface area contributed by atoms with Gasteiger partial charge in [-0.1, -0.05) is 41.9 Å². The third kappa shape index (κ3) is 4.96. The quantitative estimate of drug-likeness (QED) is 0.431. The van der Waals surface area contributed by atoms with Crippen LogP contribution in [0.1, 0.15) is 15.9 Å². The highest BCUT2D eigenvalue weighted by atomic mass is 35.5. The Hall–Kier alpha value is -3.69. The summed E-state index contributed by atoms with van der Waals surface area (Å²) in [5.41, 5.74) is 2.22. The molecule has 2 N–H and O–H groups in total. The highest BCUT2D eigenvalue weighted by molar-refractivity contribution is 7.92. The number of hydrogen-bond acceptors (Lipinski definition) is 5. The molecular weight excluding hydrogens is 450 g/mol. The van der Waals surface area contributed by atoms with Crippen LogP contribution < -0.4 is 10.0 Å². The van der Waals surface area contributed by atoms with Gasteiger partial charge in [0.25, 0.3) is 15.9 Å². The normalized spacial score (nSPS) is 11.2. The number of rotatable bonds is 7. The molecule has 0 unspecified atom stereocenters. The monoisotopic (exact) mass is 467 g/mol. The number of nitrogens with zero attached hydrogens (tertiary/aromatic N) is 3. The average Bonchev–Trinajstić information content (AvgIpc) is 3.34. The number of para-hydroxylation sites is 1. The molecule has 0 atom stereocenters. The molecule has 0 aliphatic carbocycles. The van der Waals surface area contributed by atoms with Gasteiger partial charge in [-0.3, -0.25) is 9.52 Å². The second-order valence-corrected chi connectivity index (χ2v) is 8.89. The lowest BCUT2D eigenvalue weighted by molar-refractivity contribution is 0.0950. The summed E-state index contributed by atoms with van der Waals surface area (Å²) < 4.78 is 29.5. The van der Waals surface area contributed by atoms with E-state index in [2.05, 4.69) is 20.1 Å². The third-order valence-electron chi connectivity index (χ3n) is 4.60. The lowest BCUT2D eigenvalue weighted by Crippen LogP contribution is -2.23. The van der Waals surface area contributed by atoms with Gasteiger partial charge in [0.2, 0.25) is 0 Å². The average molecular weight is 468 g/mol. The van der Waals surface area contributed by atoms with Crippen LogP contribution in [-0.2, 0) is 16.6 Å². The van der Waals surface area contributed by atoms with Gasteiger partial charge in [0.15, 0.2) is 0 Å². The molecule has 1 aromatic heterocycles. The summed E-state index contributed by atoms with van der Waals surface area (Å²) in [5, 5.41) is 7.14. The van der Waals surface area contributed by atoms with E-state index in [0.29, 0.717) is 0 Å². The minimum atomic E-state index is -3.91. The summed E-state index contributed by atoms with van der Waals surface area (Å²) in [7, 11) is -3.91. The Balaban J connectivity index is 1.43. The van der Waals surface area contributed by atoms with Crippen molar-refractivity contribution < 1.29 is 13.2 Å². The maximum atomic E-state index is 12.7. The molecule has 4 rings (SSSR count). The first kappa shape index (κ1) is 21.5. The molecule has 0 radical (unpaired) electrons. The van der Waals surface area contributed by atoms with Gasteiger partial charge in [-0.2, -0.15) is 5.10 Å². The Labute approximate surface area is 189 Å². The SMILES string of the molecule is O=C(NCc1ccc(-n2cncn2)cc1)c1cccc(S(=O)(=O)Nc2ccccc2Cl)c1. The van der Waals surface area contributed by atoms with E-state index >= 15 is 0 Å². The molecule has 0 aliphatic rings. The van der Waals surface area contributed by atoms with Crippen molar-refractivity contribution in [3.8, 4) is 5.69 Å². The van der Waals surface area contributed by atoms with Crippen LogP contribution >= 0.6 is 11.6 Å². The van der Waals surface area contributed by atoms with Gasteiger partial charge in [-0.15, -0.1) is 0 Å². The summed E-state index contributed by atoms with van der Waals surface area (Å²) in [5.74, 6) is -0.389. The Morgan fingerprint density at radius 2 is 1.78 bits per heavy atom. The third-order valence-corrected chi connectivity index (χ3v) is 6.29. The summed E-state index contributed by atoms with van der Waals surface area (Å²) in [6, 6.07) is 19.8. The first-order chi connectivity index (χ1) is 15.4. The molecule has 0 saturated heterocycles. The van der Waals surface area contributed by atoms with Gasteiger partial charge in [-0.25, -0.2) is 18.1 Å². The predicted octanol–water partition coefficient (Wildman–Crippen LogP) is 3.65. The summed E-state index contributed by atoms with van der Waals surface area (Å²) in [6.07, 6.45) is 3.05. The zero-order valence-electron chi connectivity index (χ0n) is 16.6. The molecule has 4 aromatic rings. The number of hydrogen-bond donors (Lipinski definition) is 2. The van der Waals surface area contributed by atoms with Crippen molar-refractivity contribution >= 4 is 33.2 Å². The van der Waals surface area contributed by atoms with E-state index in [9.17, 15) is 13.2 Å². The fourth-order valence-corrected chi connectivity index (χ4v) is 4.31. The number of carbonyl (C=O) groups excluding carboxylic acids is 1. The summed E-state index contributed by atoms with van der Waals surface area (Å²) in [6.45, 7) is 0.283. The maximum Gasteiger partial charge on any atom is 0.261 e. The largest absolute Gasteiger partial charge is 0.348 e. The molecule has 32 heavy (non-hydrogen) atoms. The summed E-state index contributed by atoms with van der Waals surface area (Å²) >= 11 is 6.04. The van der Waals surface area contributed by atoms with E-state index < -0.39 is 10.0 Å². The molecule has 0 saturated carbocycles. The van der Waals surface area contributed by atoms with E-state index in [1.54, 1.807) is 41.3 Å². The second kappa shape index (κ2) is 9.21. The van der Waals surface area contributed by atoms with Crippen LogP contribution in [0.15, 0.2) is 90.3 Å². The van der Waals surface area contributed by atoms with Crippen molar-refractivity contribution in [2.45, 2.75) is 11.4 Å². The molecule has 8 nitrogen and oxygen atoms in total. The molecule has 1 amide bonds. The zero-order chi connectivity index (χ0) is 22.6. The van der Waals surface area contributed by atoms with Crippen molar-refractivity contribution in [1.29, 1.82) is 0 Å². The van der Waals surface area contributed by atoms with Gasteiger partial charge >= 0.3 is 0 Å². The number of nitrogens with one attached hydrogen (secondary N) is 2. The number of sulfonamides is 1. The van der Waals surface area contributed by atoms with Crippen molar-refractivity contribution in [2.24, 2.45) is 0 Å². The fourth-order valence-electron chi connectivity index (χ4n) is 2.94. The Kier molecular flexibility index (Phi) is 6.20. The van der Waals surface area contributed by atoms with Crippen molar-refractivity contribution in [3.63, 3.8) is 0 Å². The molecule has 10 heteroatoms. The minimum absolute atomic E-state index is 0.0396. The molecule has 0 fully saturated rings. The Morgan fingerprint density at radius 3 is 2.50 bits per heavy atom. The lowest BCUT2D eigenvalue weighted by Gasteiger charge is -2.11. The van der Waals surface area contributed by atoms with E-state index in [1.165, 1.54) is 24.5 Å². The minimum Gasteiger partial charge on any atom is -0.348 e. The van der Waals surface area contributed by atoms with Crippen LogP contribution in [-0.4, -0.2) is 29.1 Å². The van der Waals surface area contributed by atoms with Gasteiger partial charge in [0.1, 0.15) is 12.7 Å². The maximum absolute atomic E-state index is 12.7.